The Morgan fingerprint density at radius 2 is 1.33 bits per heavy atom. The summed E-state index contributed by atoms with van der Waals surface area (Å²) in [5, 5.41) is 3.40. The molecule has 1 aliphatic rings. The molecule has 0 aromatic carbocycles. The van der Waals surface area contributed by atoms with Gasteiger partial charge in [0.05, 0.1) is 12.7 Å². The van der Waals surface area contributed by atoms with Crippen molar-refractivity contribution in [2.45, 2.75) is 96.5 Å². The predicted molar refractivity (Wildman–Crippen MR) is 95.6 cm³/mol. The third kappa shape index (κ3) is 13.6. The SMILES string of the molecule is CCCCCCCCCCCCCCC1CNCCO1.Cl. The summed E-state index contributed by atoms with van der Waals surface area (Å²) < 4.78 is 5.72. The van der Waals surface area contributed by atoms with Gasteiger partial charge in [0.25, 0.3) is 0 Å². The minimum absolute atomic E-state index is 0. The molecule has 0 bridgehead atoms. The molecule has 0 aromatic rings. The van der Waals surface area contributed by atoms with Gasteiger partial charge < -0.3 is 10.1 Å². The van der Waals surface area contributed by atoms with Crippen molar-refractivity contribution in [3.05, 3.63) is 0 Å². The summed E-state index contributed by atoms with van der Waals surface area (Å²) in [7, 11) is 0. The summed E-state index contributed by atoms with van der Waals surface area (Å²) in [5.41, 5.74) is 0. The maximum Gasteiger partial charge on any atom is 0.0700 e. The molecule has 1 rings (SSSR count). The Bertz CT molecular complexity index is 196. The van der Waals surface area contributed by atoms with Crippen molar-refractivity contribution < 1.29 is 4.74 Å². The lowest BCUT2D eigenvalue weighted by Crippen LogP contribution is -2.38. The van der Waals surface area contributed by atoms with Crippen LogP contribution >= 0.6 is 12.4 Å². The van der Waals surface area contributed by atoms with Crippen molar-refractivity contribution in [2.24, 2.45) is 0 Å². The summed E-state index contributed by atoms with van der Waals surface area (Å²) in [5.74, 6) is 0. The normalized spacial score (nSPS) is 18.4. The van der Waals surface area contributed by atoms with Crippen LogP contribution < -0.4 is 5.32 Å². The minimum Gasteiger partial charge on any atom is -0.376 e. The van der Waals surface area contributed by atoms with Crippen LogP contribution in [0.3, 0.4) is 0 Å². The monoisotopic (exact) mass is 319 g/mol. The van der Waals surface area contributed by atoms with E-state index in [1.165, 1.54) is 83.5 Å². The Morgan fingerprint density at radius 1 is 0.810 bits per heavy atom. The molecule has 1 fully saturated rings. The molecule has 1 heterocycles. The lowest BCUT2D eigenvalue weighted by atomic mass is 10.0. The van der Waals surface area contributed by atoms with Gasteiger partial charge in [-0.3, -0.25) is 0 Å². The Morgan fingerprint density at radius 3 is 1.81 bits per heavy atom. The van der Waals surface area contributed by atoms with E-state index in [-0.39, 0.29) is 12.4 Å². The van der Waals surface area contributed by atoms with E-state index in [9.17, 15) is 0 Å². The Kier molecular flexibility index (Phi) is 16.7. The predicted octanol–water partition coefficient (Wildman–Crippen LogP) is 5.49. The van der Waals surface area contributed by atoms with Gasteiger partial charge in [-0.1, -0.05) is 84.0 Å². The Hall–Kier alpha value is 0.210. The number of nitrogens with one attached hydrogen (secondary N) is 1. The van der Waals surface area contributed by atoms with E-state index in [0.717, 1.165) is 19.7 Å². The van der Waals surface area contributed by atoms with E-state index >= 15 is 0 Å². The number of halogens is 1. The number of rotatable bonds is 13. The number of morpholine rings is 1. The molecule has 0 aliphatic carbocycles. The summed E-state index contributed by atoms with van der Waals surface area (Å²) in [4.78, 5) is 0. The van der Waals surface area contributed by atoms with Crippen LogP contribution in [-0.2, 0) is 4.74 Å². The summed E-state index contributed by atoms with van der Waals surface area (Å²) >= 11 is 0. The van der Waals surface area contributed by atoms with E-state index in [4.69, 9.17) is 4.74 Å². The molecule has 1 unspecified atom stereocenters. The second kappa shape index (κ2) is 16.6. The molecule has 3 heteroatoms. The highest BCUT2D eigenvalue weighted by Crippen LogP contribution is 2.13. The van der Waals surface area contributed by atoms with Gasteiger partial charge in [0.2, 0.25) is 0 Å². The molecular formula is C18H38ClNO. The standard InChI is InChI=1S/C18H37NO.ClH/c1-2-3-4-5-6-7-8-9-10-11-12-13-14-18-17-19-15-16-20-18;/h18-19H,2-17H2,1H3;1H. The van der Waals surface area contributed by atoms with Gasteiger partial charge in [-0.05, 0) is 6.42 Å². The first-order valence-electron chi connectivity index (χ1n) is 9.26. The number of unbranched alkanes of at least 4 members (excludes halogenated alkanes) is 11. The molecule has 1 aliphatic heterocycles. The largest absolute Gasteiger partial charge is 0.376 e. The van der Waals surface area contributed by atoms with Crippen molar-refractivity contribution in [1.29, 1.82) is 0 Å². The molecule has 1 atom stereocenters. The fraction of sp³-hybridized carbons (Fsp3) is 1.00. The van der Waals surface area contributed by atoms with Crippen molar-refractivity contribution in [3.63, 3.8) is 0 Å². The molecular weight excluding hydrogens is 282 g/mol. The van der Waals surface area contributed by atoms with Crippen LogP contribution in [0.15, 0.2) is 0 Å². The van der Waals surface area contributed by atoms with Crippen LogP contribution in [0.5, 0.6) is 0 Å². The lowest BCUT2D eigenvalue weighted by Gasteiger charge is -2.23. The average molecular weight is 320 g/mol. The van der Waals surface area contributed by atoms with E-state index in [2.05, 4.69) is 12.2 Å². The highest BCUT2D eigenvalue weighted by molar-refractivity contribution is 5.85. The van der Waals surface area contributed by atoms with Gasteiger partial charge in [0.15, 0.2) is 0 Å². The van der Waals surface area contributed by atoms with Crippen LogP contribution in [0, 0.1) is 0 Å². The number of hydrogen-bond donors (Lipinski definition) is 1. The van der Waals surface area contributed by atoms with Crippen LogP contribution in [0.25, 0.3) is 0 Å². The first kappa shape index (κ1) is 21.2. The molecule has 128 valence electrons. The molecule has 0 radical (unpaired) electrons. The smallest absolute Gasteiger partial charge is 0.0700 e. The first-order chi connectivity index (χ1) is 9.93. The maximum atomic E-state index is 5.72. The van der Waals surface area contributed by atoms with Gasteiger partial charge in [-0.25, -0.2) is 0 Å². The van der Waals surface area contributed by atoms with Gasteiger partial charge in [0.1, 0.15) is 0 Å². The van der Waals surface area contributed by atoms with Crippen molar-refractivity contribution in [2.75, 3.05) is 19.7 Å². The zero-order valence-electron chi connectivity index (χ0n) is 14.2. The molecule has 21 heavy (non-hydrogen) atoms. The van der Waals surface area contributed by atoms with Gasteiger partial charge >= 0.3 is 0 Å². The van der Waals surface area contributed by atoms with Crippen molar-refractivity contribution in [3.8, 4) is 0 Å². The quantitative estimate of drug-likeness (QED) is 0.453. The summed E-state index contributed by atoms with van der Waals surface area (Å²) in [6, 6.07) is 0. The van der Waals surface area contributed by atoms with Crippen LogP contribution in [0.4, 0.5) is 0 Å². The maximum absolute atomic E-state index is 5.72. The van der Waals surface area contributed by atoms with Crippen LogP contribution in [0.2, 0.25) is 0 Å². The highest BCUT2D eigenvalue weighted by atomic mass is 35.5. The first-order valence-corrected chi connectivity index (χ1v) is 9.26. The van der Waals surface area contributed by atoms with Gasteiger partial charge in [0, 0.05) is 13.1 Å². The fourth-order valence-corrected chi connectivity index (χ4v) is 3.02. The van der Waals surface area contributed by atoms with Gasteiger partial charge in [-0.15, -0.1) is 12.4 Å². The highest BCUT2D eigenvalue weighted by Gasteiger charge is 2.11. The van der Waals surface area contributed by atoms with E-state index in [1.807, 2.05) is 0 Å². The van der Waals surface area contributed by atoms with E-state index in [1.54, 1.807) is 0 Å². The van der Waals surface area contributed by atoms with Crippen molar-refractivity contribution in [1.82, 2.24) is 5.32 Å². The lowest BCUT2D eigenvalue weighted by molar-refractivity contribution is 0.0220. The van der Waals surface area contributed by atoms with E-state index in [0.29, 0.717) is 6.10 Å². The second-order valence-corrected chi connectivity index (χ2v) is 6.37. The number of hydrogen-bond acceptors (Lipinski definition) is 2. The zero-order valence-corrected chi connectivity index (χ0v) is 15.0. The summed E-state index contributed by atoms with van der Waals surface area (Å²) in [6.07, 6.45) is 18.9. The fourth-order valence-electron chi connectivity index (χ4n) is 3.02. The van der Waals surface area contributed by atoms with Gasteiger partial charge in [-0.2, -0.15) is 0 Å². The third-order valence-corrected chi connectivity index (χ3v) is 4.38. The topological polar surface area (TPSA) is 21.3 Å². The molecule has 0 aromatic heterocycles. The third-order valence-electron chi connectivity index (χ3n) is 4.38. The van der Waals surface area contributed by atoms with Crippen molar-refractivity contribution >= 4 is 12.4 Å². The average Bonchev–Trinajstić information content (AvgIpc) is 2.49. The molecule has 1 saturated heterocycles. The molecule has 1 N–H and O–H groups in total. The summed E-state index contributed by atoms with van der Waals surface area (Å²) in [6.45, 7) is 5.30. The molecule has 0 spiro atoms. The Balaban J connectivity index is 0.00000400. The van der Waals surface area contributed by atoms with Crippen LogP contribution in [-0.4, -0.2) is 25.8 Å². The number of ether oxygens (including phenoxy) is 1. The second-order valence-electron chi connectivity index (χ2n) is 6.37. The molecule has 0 amide bonds. The van der Waals surface area contributed by atoms with E-state index < -0.39 is 0 Å². The molecule has 2 nitrogen and oxygen atoms in total. The molecule has 0 saturated carbocycles. The van der Waals surface area contributed by atoms with Crippen LogP contribution in [0.1, 0.15) is 90.4 Å². The minimum atomic E-state index is 0. The zero-order chi connectivity index (χ0) is 14.3. The Labute approximate surface area is 139 Å².